The molecule has 2 aromatic heterocycles. The van der Waals surface area contributed by atoms with Crippen LogP contribution in [0.5, 0.6) is 0 Å². The highest BCUT2D eigenvalue weighted by molar-refractivity contribution is 5.97. The first-order valence-corrected chi connectivity index (χ1v) is 8.20. The first kappa shape index (κ1) is 16.9. The van der Waals surface area contributed by atoms with Crippen molar-refractivity contribution in [3.63, 3.8) is 0 Å². The number of carbonyl (C=O) groups excluding carboxylic acids is 1. The Labute approximate surface area is 146 Å². The average Bonchev–Trinajstić information content (AvgIpc) is 2.56. The molecule has 128 valence electrons. The quantitative estimate of drug-likeness (QED) is 0.800. The predicted molar refractivity (Wildman–Crippen MR) is 98.8 cm³/mol. The molecule has 0 aliphatic carbocycles. The Kier molecular flexibility index (Phi) is 4.40. The highest BCUT2D eigenvalue weighted by Crippen LogP contribution is 2.13. The molecule has 1 amide bonds. The zero-order valence-corrected chi connectivity index (χ0v) is 14.6. The SMILES string of the molecule is CC(C)(C)NC(=O)c1cc2cccnc2n(Cc2ccccc2)c1=O. The molecule has 0 radical (unpaired) electrons. The summed E-state index contributed by atoms with van der Waals surface area (Å²) >= 11 is 0. The van der Waals surface area contributed by atoms with E-state index in [1.807, 2.05) is 57.2 Å². The van der Waals surface area contributed by atoms with Gasteiger partial charge in [-0.05, 0) is 44.5 Å². The van der Waals surface area contributed by atoms with Crippen LogP contribution in [0.15, 0.2) is 59.5 Å². The lowest BCUT2D eigenvalue weighted by atomic mass is 10.1. The Morgan fingerprint density at radius 3 is 2.52 bits per heavy atom. The van der Waals surface area contributed by atoms with E-state index < -0.39 is 5.54 Å². The monoisotopic (exact) mass is 335 g/mol. The van der Waals surface area contributed by atoms with Crippen LogP contribution in [0.3, 0.4) is 0 Å². The minimum atomic E-state index is -0.419. The van der Waals surface area contributed by atoms with Gasteiger partial charge >= 0.3 is 0 Å². The molecule has 5 nitrogen and oxygen atoms in total. The number of fused-ring (bicyclic) bond motifs is 1. The zero-order valence-electron chi connectivity index (χ0n) is 14.6. The summed E-state index contributed by atoms with van der Waals surface area (Å²) in [5.41, 5.74) is 0.925. The minimum Gasteiger partial charge on any atom is -0.347 e. The number of pyridine rings is 2. The van der Waals surface area contributed by atoms with Crippen molar-refractivity contribution in [2.75, 3.05) is 0 Å². The standard InChI is InChI=1S/C20H21N3O2/c1-20(2,3)22-18(24)16-12-15-10-7-11-21-17(15)23(19(16)25)13-14-8-5-4-6-9-14/h4-12H,13H2,1-3H3,(H,22,24). The van der Waals surface area contributed by atoms with Gasteiger partial charge in [-0.3, -0.25) is 14.2 Å². The van der Waals surface area contributed by atoms with E-state index in [0.717, 1.165) is 10.9 Å². The van der Waals surface area contributed by atoms with E-state index in [1.165, 1.54) is 0 Å². The number of benzene rings is 1. The molecule has 0 aliphatic rings. The maximum Gasteiger partial charge on any atom is 0.265 e. The fourth-order valence-electron chi connectivity index (χ4n) is 2.69. The van der Waals surface area contributed by atoms with Crippen LogP contribution < -0.4 is 10.9 Å². The molecular formula is C20H21N3O2. The van der Waals surface area contributed by atoms with E-state index in [-0.39, 0.29) is 17.0 Å². The molecule has 0 bridgehead atoms. The van der Waals surface area contributed by atoms with Crippen LogP contribution in [0.25, 0.3) is 11.0 Å². The fourth-order valence-corrected chi connectivity index (χ4v) is 2.69. The van der Waals surface area contributed by atoms with Gasteiger partial charge in [-0.1, -0.05) is 30.3 Å². The van der Waals surface area contributed by atoms with E-state index in [1.54, 1.807) is 22.9 Å². The number of amides is 1. The number of nitrogens with zero attached hydrogens (tertiary/aromatic N) is 2. The topological polar surface area (TPSA) is 64.0 Å². The van der Waals surface area contributed by atoms with Gasteiger partial charge in [0, 0.05) is 17.1 Å². The lowest BCUT2D eigenvalue weighted by Crippen LogP contribution is -2.43. The van der Waals surface area contributed by atoms with Gasteiger partial charge < -0.3 is 5.32 Å². The third-order valence-electron chi connectivity index (χ3n) is 3.76. The largest absolute Gasteiger partial charge is 0.347 e. The molecule has 0 saturated carbocycles. The van der Waals surface area contributed by atoms with Gasteiger partial charge in [0.15, 0.2) is 0 Å². The molecule has 2 heterocycles. The van der Waals surface area contributed by atoms with Gasteiger partial charge in [-0.25, -0.2) is 4.98 Å². The zero-order chi connectivity index (χ0) is 18.0. The van der Waals surface area contributed by atoms with E-state index in [0.29, 0.717) is 12.2 Å². The van der Waals surface area contributed by atoms with E-state index in [9.17, 15) is 9.59 Å². The molecule has 0 unspecified atom stereocenters. The summed E-state index contributed by atoms with van der Waals surface area (Å²) in [6.07, 6.45) is 1.65. The molecule has 0 atom stereocenters. The number of nitrogens with one attached hydrogen (secondary N) is 1. The number of hydrogen-bond acceptors (Lipinski definition) is 3. The molecule has 3 aromatic rings. The highest BCUT2D eigenvalue weighted by Gasteiger charge is 2.20. The van der Waals surface area contributed by atoms with Crippen molar-refractivity contribution in [1.82, 2.24) is 14.9 Å². The van der Waals surface area contributed by atoms with Crippen molar-refractivity contribution in [3.05, 3.63) is 76.2 Å². The fraction of sp³-hybridized carbons (Fsp3) is 0.250. The van der Waals surface area contributed by atoms with Crippen LogP contribution in [0.1, 0.15) is 36.7 Å². The third-order valence-corrected chi connectivity index (χ3v) is 3.76. The number of carbonyl (C=O) groups is 1. The summed E-state index contributed by atoms with van der Waals surface area (Å²) in [7, 11) is 0. The summed E-state index contributed by atoms with van der Waals surface area (Å²) in [6.45, 7) is 6.02. The summed E-state index contributed by atoms with van der Waals surface area (Å²) in [5, 5.41) is 3.62. The Hall–Kier alpha value is -2.95. The van der Waals surface area contributed by atoms with Crippen molar-refractivity contribution in [1.29, 1.82) is 0 Å². The number of aromatic nitrogens is 2. The maximum atomic E-state index is 13.0. The Bertz CT molecular complexity index is 970. The third kappa shape index (κ3) is 3.76. The lowest BCUT2D eigenvalue weighted by molar-refractivity contribution is 0.0917. The first-order chi connectivity index (χ1) is 11.8. The second-order valence-electron chi connectivity index (χ2n) is 7.06. The molecule has 1 aromatic carbocycles. The molecular weight excluding hydrogens is 314 g/mol. The van der Waals surface area contributed by atoms with Crippen molar-refractivity contribution < 1.29 is 4.79 Å². The van der Waals surface area contributed by atoms with Crippen LogP contribution in [0.2, 0.25) is 0 Å². The average molecular weight is 335 g/mol. The van der Waals surface area contributed by atoms with Crippen LogP contribution in [-0.2, 0) is 6.54 Å². The van der Waals surface area contributed by atoms with E-state index in [2.05, 4.69) is 10.3 Å². The van der Waals surface area contributed by atoms with Gasteiger partial charge in [0.05, 0.1) is 6.54 Å². The molecule has 3 rings (SSSR count). The molecule has 0 fully saturated rings. The predicted octanol–water partition coefficient (Wildman–Crippen LogP) is 2.97. The van der Waals surface area contributed by atoms with E-state index >= 15 is 0 Å². The van der Waals surface area contributed by atoms with Gasteiger partial charge in [0.25, 0.3) is 11.5 Å². The minimum absolute atomic E-state index is 0.131. The van der Waals surface area contributed by atoms with Gasteiger partial charge in [-0.15, -0.1) is 0 Å². The summed E-state index contributed by atoms with van der Waals surface area (Å²) in [6, 6.07) is 14.9. The van der Waals surface area contributed by atoms with Gasteiger partial charge in [0.1, 0.15) is 11.2 Å². The Morgan fingerprint density at radius 2 is 1.84 bits per heavy atom. The van der Waals surface area contributed by atoms with Crippen molar-refractivity contribution >= 4 is 16.9 Å². The molecule has 0 saturated heterocycles. The molecule has 1 N–H and O–H groups in total. The van der Waals surface area contributed by atoms with Crippen LogP contribution in [0.4, 0.5) is 0 Å². The van der Waals surface area contributed by atoms with Gasteiger partial charge in [0.2, 0.25) is 0 Å². The molecule has 0 aliphatic heterocycles. The Morgan fingerprint density at radius 1 is 1.12 bits per heavy atom. The van der Waals surface area contributed by atoms with Crippen molar-refractivity contribution in [2.45, 2.75) is 32.9 Å². The summed E-state index contributed by atoms with van der Waals surface area (Å²) in [5.74, 6) is -0.370. The second-order valence-corrected chi connectivity index (χ2v) is 7.06. The van der Waals surface area contributed by atoms with Crippen LogP contribution in [0, 0.1) is 0 Å². The maximum absolute atomic E-state index is 13.0. The van der Waals surface area contributed by atoms with Crippen LogP contribution >= 0.6 is 0 Å². The first-order valence-electron chi connectivity index (χ1n) is 8.20. The smallest absolute Gasteiger partial charge is 0.265 e. The van der Waals surface area contributed by atoms with Crippen LogP contribution in [-0.4, -0.2) is 21.0 Å². The number of hydrogen-bond donors (Lipinski definition) is 1. The van der Waals surface area contributed by atoms with Gasteiger partial charge in [-0.2, -0.15) is 0 Å². The van der Waals surface area contributed by atoms with Crippen molar-refractivity contribution in [2.24, 2.45) is 0 Å². The Balaban J connectivity index is 2.15. The molecule has 5 heteroatoms. The molecule has 25 heavy (non-hydrogen) atoms. The normalized spacial score (nSPS) is 11.5. The summed E-state index contributed by atoms with van der Waals surface area (Å²) in [4.78, 5) is 29.9. The highest BCUT2D eigenvalue weighted by atomic mass is 16.2. The van der Waals surface area contributed by atoms with Crippen molar-refractivity contribution in [3.8, 4) is 0 Å². The second kappa shape index (κ2) is 6.51. The number of rotatable bonds is 3. The van der Waals surface area contributed by atoms with E-state index in [4.69, 9.17) is 0 Å². The lowest BCUT2D eigenvalue weighted by Gasteiger charge is -2.21. The summed E-state index contributed by atoms with van der Waals surface area (Å²) < 4.78 is 1.56. The molecule has 0 spiro atoms.